The van der Waals surface area contributed by atoms with Crippen molar-refractivity contribution >= 4 is 11.4 Å². The van der Waals surface area contributed by atoms with E-state index in [9.17, 15) is 10.1 Å². The Bertz CT molecular complexity index is 504. The highest BCUT2D eigenvalue weighted by Crippen LogP contribution is 2.29. The Morgan fingerprint density at radius 2 is 2.30 bits per heavy atom. The van der Waals surface area contributed by atoms with E-state index in [4.69, 9.17) is 14.2 Å². The van der Waals surface area contributed by atoms with E-state index in [2.05, 4.69) is 5.32 Å². The van der Waals surface area contributed by atoms with Crippen molar-refractivity contribution < 1.29 is 19.1 Å². The molecule has 1 aliphatic rings. The minimum absolute atomic E-state index is 0.0254. The molecule has 7 heteroatoms. The summed E-state index contributed by atoms with van der Waals surface area (Å²) in [7, 11) is 1.47. The maximum absolute atomic E-state index is 11.0. The zero-order valence-electron chi connectivity index (χ0n) is 11.7. The molecule has 7 nitrogen and oxygen atoms in total. The summed E-state index contributed by atoms with van der Waals surface area (Å²) in [4.78, 5) is 10.6. The Kier molecular flexibility index (Phi) is 4.10. The number of nitrogens with zero attached hydrogens (tertiary/aromatic N) is 1. The predicted molar refractivity (Wildman–Crippen MR) is 73.0 cm³/mol. The van der Waals surface area contributed by atoms with Crippen LogP contribution in [0, 0.1) is 10.1 Å². The Labute approximate surface area is 117 Å². The van der Waals surface area contributed by atoms with Crippen LogP contribution in [-0.4, -0.2) is 37.1 Å². The number of nitro benzene ring substituents is 1. The summed E-state index contributed by atoms with van der Waals surface area (Å²) in [5.41, 5.74) is 0.409. The van der Waals surface area contributed by atoms with Gasteiger partial charge in [0.05, 0.1) is 24.7 Å². The lowest BCUT2D eigenvalue weighted by atomic mass is 10.2. The van der Waals surface area contributed by atoms with E-state index in [0.29, 0.717) is 24.6 Å². The van der Waals surface area contributed by atoms with Crippen molar-refractivity contribution in [2.75, 3.05) is 25.6 Å². The third-order valence-corrected chi connectivity index (χ3v) is 2.99. The van der Waals surface area contributed by atoms with Crippen molar-refractivity contribution in [2.45, 2.75) is 25.7 Å². The van der Waals surface area contributed by atoms with Crippen LogP contribution < -0.4 is 10.1 Å². The fourth-order valence-electron chi connectivity index (χ4n) is 2.03. The van der Waals surface area contributed by atoms with Gasteiger partial charge in [0, 0.05) is 6.54 Å². The van der Waals surface area contributed by atoms with Crippen LogP contribution in [0.25, 0.3) is 0 Å². The van der Waals surface area contributed by atoms with Gasteiger partial charge in [-0.2, -0.15) is 0 Å². The molecule has 1 aliphatic heterocycles. The second-order valence-corrected chi connectivity index (χ2v) is 4.97. The summed E-state index contributed by atoms with van der Waals surface area (Å²) < 4.78 is 16.1. The van der Waals surface area contributed by atoms with Gasteiger partial charge in [-0.3, -0.25) is 10.1 Å². The molecule has 1 aromatic carbocycles. The average Bonchev–Trinajstić information content (AvgIpc) is 2.75. The zero-order valence-corrected chi connectivity index (χ0v) is 11.7. The summed E-state index contributed by atoms with van der Waals surface area (Å²) >= 11 is 0. The van der Waals surface area contributed by atoms with E-state index >= 15 is 0 Å². The van der Waals surface area contributed by atoms with Crippen molar-refractivity contribution in [2.24, 2.45) is 0 Å². The highest BCUT2D eigenvalue weighted by Gasteiger charge is 2.32. The number of methoxy groups -OCH3 is 1. The molecule has 0 aromatic heterocycles. The molecular weight excluding hydrogens is 264 g/mol. The standard InChI is InChI=1S/C13H18N2O5/c1-13(2)19-8-10(20-13)7-14-11-5-4-9(18-3)6-12(11)15(16)17/h4-6,10,14H,7-8H2,1-3H3. The van der Waals surface area contributed by atoms with Crippen molar-refractivity contribution in [3.8, 4) is 5.75 Å². The number of nitro groups is 1. The molecule has 1 N–H and O–H groups in total. The highest BCUT2D eigenvalue weighted by atomic mass is 16.7. The van der Waals surface area contributed by atoms with Crippen LogP contribution >= 0.6 is 0 Å². The first kappa shape index (κ1) is 14.5. The monoisotopic (exact) mass is 282 g/mol. The first-order valence-corrected chi connectivity index (χ1v) is 6.29. The number of nitrogens with one attached hydrogen (secondary N) is 1. The van der Waals surface area contributed by atoms with Gasteiger partial charge in [-0.15, -0.1) is 0 Å². The largest absolute Gasteiger partial charge is 0.496 e. The fourth-order valence-corrected chi connectivity index (χ4v) is 2.03. The molecule has 0 aliphatic carbocycles. The van der Waals surface area contributed by atoms with Crippen molar-refractivity contribution in [1.29, 1.82) is 0 Å². The summed E-state index contributed by atoms with van der Waals surface area (Å²) in [6.45, 7) is 4.58. The molecule has 1 fully saturated rings. The number of ether oxygens (including phenoxy) is 3. The van der Waals surface area contributed by atoms with Gasteiger partial charge < -0.3 is 19.5 Å². The van der Waals surface area contributed by atoms with Gasteiger partial charge >= 0.3 is 0 Å². The molecule has 1 heterocycles. The summed E-state index contributed by atoms with van der Waals surface area (Å²) in [6.07, 6.45) is -0.133. The van der Waals surface area contributed by atoms with Crippen LogP contribution in [0.5, 0.6) is 5.75 Å². The molecular formula is C13H18N2O5. The van der Waals surface area contributed by atoms with Crippen LogP contribution in [0.4, 0.5) is 11.4 Å². The molecule has 1 saturated heterocycles. The lowest BCUT2D eigenvalue weighted by Gasteiger charge is -2.17. The van der Waals surface area contributed by atoms with Gasteiger partial charge in [0.15, 0.2) is 5.79 Å². The number of hydrogen-bond donors (Lipinski definition) is 1. The van der Waals surface area contributed by atoms with Crippen LogP contribution in [-0.2, 0) is 9.47 Å². The lowest BCUT2D eigenvalue weighted by molar-refractivity contribution is -0.384. The zero-order chi connectivity index (χ0) is 14.8. The average molecular weight is 282 g/mol. The molecule has 1 atom stereocenters. The second kappa shape index (κ2) is 5.64. The molecule has 110 valence electrons. The van der Waals surface area contributed by atoms with Gasteiger partial charge in [-0.1, -0.05) is 0 Å². The molecule has 1 unspecified atom stereocenters. The smallest absolute Gasteiger partial charge is 0.296 e. The number of anilines is 1. The van der Waals surface area contributed by atoms with E-state index in [1.54, 1.807) is 12.1 Å². The van der Waals surface area contributed by atoms with Crippen LogP contribution in [0.3, 0.4) is 0 Å². The van der Waals surface area contributed by atoms with E-state index in [-0.39, 0.29) is 11.8 Å². The Morgan fingerprint density at radius 3 is 2.85 bits per heavy atom. The van der Waals surface area contributed by atoms with E-state index in [1.807, 2.05) is 13.8 Å². The molecule has 0 spiro atoms. The van der Waals surface area contributed by atoms with Gasteiger partial charge in [-0.25, -0.2) is 0 Å². The first-order valence-electron chi connectivity index (χ1n) is 6.29. The van der Waals surface area contributed by atoms with Crippen molar-refractivity contribution in [3.05, 3.63) is 28.3 Å². The Morgan fingerprint density at radius 1 is 1.55 bits per heavy atom. The SMILES string of the molecule is COc1ccc(NCC2COC(C)(C)O2)c([N+](=O)[O-])c1. The maximum atomic E-state index is 11.0. The van der Waals surface area contributed by atoms with Crippen LogP contribution in [0.15, 0.2) is 18.2 Å². The van der Waals surface area contributed by atoms with Gasteiger partial charge in [0.2, 0.25) is 0 Å². The third-order valence-electron chi connectivity index (χ3n) is 2.99. The predicted octanol–water partition coefficient (Wildman–Crippen LogP) is 2.17. The lowest BCUT2D eigenvalue weighted by Crippen LogP contribution is -2.26. The third kappa shape index (κ3) is 3.37. The molecule has 2 rings (SSSR count). The number of rotatable bonds is 5. The molecule has 1 aromatic rings. The Balaban J connectivity index is 2.04. The number of hydrogen-bond acceptors (Lipinski definition) is 6. The minimum atomic E-state index is -0.599. The van der Waals surface area contributed by atoms with E-state index in [1.165, 1.54) is 13.2 Å². The highest BCUT2D eigenvalue weighted by molar-refractivity contribution is 5.63. The Hall–Kier alpha value is -1.86. The maximum Gasteiger partial charge on any atom is 0.296 e. The second-order valence-electron chi connectivity index (χ2n) is 4.97. The van der Waals surface area contributed by atoms with Crippen molar-refractivity contribution in [1.82, 2.24) is 0 Å². The van der Waals surface area contributed by atoms with Gasteiger partial charge in [0.1, 0.15) is 17.5 Å². The van der Waals surface area contributed by atoms with E-state index < -0.39 is 10.7 Å². The molecule has 0 bridgehead atoms. The van der Waals surface area contributed by atoms with Crippen LogP contribution in [0.1, 0.15) is 13.8 Å². The summed E-state index contributed by atoms with van der Waals surface area (Å²) in [6, 6.07) is 4.68. The molecule has 0 radical (unpaired) electrons. The van der Waals surface area contributed by atoms with Crippen molar-refractivity contribution in [3.63, 3.8) is 0 Å². The quantitative estimate of drug-likeness (QED) is 0.658. The van der Waals surface area contributed by atoms with Gasteiger partial charge in [0.25, 0.3) is 5.69 Å². The normalized spacial score (nSPS) is 20.6. The summed E-state index contributed by atoms with van der Waals surface area (Å²) in [5.74, 6) is -0.151. The molecule has 0 amide bonds. The topological polar surface area (TPSA) is 82.9 Å². The van der Waals surface area contributed by atoms with Gasteiger partial charge in [-0.05, 0) is 26.0 Å². The van der Waals surface area contributed by atoms with E-state index in [0.717, 1.165) is 0 Å². The fraction of sp³-hybridized carbons (Fsp3) is 0.538. The first-order chi connectivity index (χ1) is 9.41. The van der Waals surface area contributed by atoms with Crippen LogP contribution in [0.2, 0.25) is 0 Å². The minimum Gasteiger partial charge on any atom is -0.496 e. The molecule has 0 saturated carbocycles. The summed E-state index contributed by atoms with van der Waals surface area (Å²) in [5, 5.41) is 14.1. The molecule has 20 heavy (non-hydrogen) atoms. The number of benzene rings is 1.